The Kier molecular flexibility index (Phi) is 3.13. The number of aryl methyl sites for hydroxylation is 1. The molecule has 3 nitrogen and oxygen atoms in total. The van der Waals surface area contributed by atoms with E-state index in [0.29, 0.717) is 12.5 Å². The fraction of sp³-hybridized carbons (Fsp3) is 0.444. The van der Waals surface area contributed by atoms with Crippen molar-refractivity contribution in [2.24, 2.45) is 0 Å². The van der Waals surface area contributed by atoms with Crippen LogP contribution in [0, 0.1) is 0 Å². The molecule has 2 aliphatic carbocycles. The number of nitrogens with zero attached hydrogens (tertiary/aromatic N) is 2. The van der Waals surface area contributed by atoms with Crippen LogP contribution >= 0.6 is 0 Å². The quantitative estimate of drug-likeness (QED) is 0.827. The van der Waals surface area contributed by atoms with Gasteiger partial charge in [0.2, 0.25) is 0 Å². The number of aromatic nitrogens is 2. The number of hydrogen-bond donors (Lipinski definition) is 0. The Morgan fingerprint density at radius 2 is 1.90 bits per heavy atom. The van der Waals surface area contributed by atoms with Crippen molar-refractivity contribution in [1.29, 1.82) is 0 Å². The van der Waals surface area contributed by atoms with E-state index in [1.165, 1.54) is 37.7 Å². The van der Waals surface area contributed by atoms with Gasteiger partial charge in [-0.1, -0.05) is 31.4 Å². The van der Waals surface area contributed by atoms with Crippen molar-refractivity contribution in [2.45, 2.75) is 51.0 Å². The summed E-state index contributed by atoms with van der Waals surface area (Å²) in [4.78, 5) is 11.9. The molecular formula is C18H20N2O. The van der Waals surface area contributed by atoms with E-state index >= 15 is 0 Å². The van der Waals surface area contributed by atoms with E-state index in [0.717, 1.165) is 23.1 Å². The minimum absolute atomic E-state index is 0.284. The summed E-state index contributed by atoms with van der Waals surface area (Å²) in [6.07, 6.45) is 12.1. The highest BCUT2D eigenvalue weighted by molar-refractivity contribution is 6.01. The second-order valence-electron chi connectivity index (χ2n) is 6.30. The van der Waals surface area contributed by atoms with Gasteiger partial charge in [-0.3, -0.25) is 9.48 Å². The van der Waals surface area contributed by atoms with Gasteiger partial charge in [-0.15, -0.1) is 0 Å². The first kappa shape index (κ1) is 12.8. The van der Waals surface area contributed by atoms with Gasteiger partial charge in [-0.2, -0.15) is 5.10 Å². The molecule has 1 fully saturated rings. The summed E-state index contributed by atoms with van der Waals surface area (Å²) < 4.78 is 2.13. The Balaban J connectivity index is 1.63. The van der Waals surface area contributed by atoms with Crippen LogP contribution in [-0.4, -0.2) is 15.6 Å². The molecular weight excluding hydrogens is 260 g/mol. The van der Waals surface area contributed by atoms with E-state index < -0.39 is 0 Å². The van der Waals surface area contributed by atoms with Crippen LogP contribution in [0.4, 0.5) is 0 Å². The molecule has 0 bridgehead atoms. The molecule has 2 aromatic rings. The molecule has 0 unspecified atom stereocenters. The van der Waals surface area contributed by atoms with Crippen LogP contribution in [0.25, 0.3) is 11.1 Å². The molecule has 108 valence electrons. The average molecular weight is 280 g/mol. The van der Waals surface area contributed by atoms with Crippen molar-refractivity contribution in [2.75, 3.05) is 0 Å². The molecule has 0 aliphatic heterocycles. The lowest BCUT2D eigenvalue weighted by molar-refractivity contribution is 0.0994. The summed E-state index contributed by atoms with van der Waals surface area (Å²) in [5, 5.41) is 4.56. The molecule has 1 heterocycles. The van der Waals surface area contributed by atoms with Gasteiger partial charge in [0.1, 0.15) is 0 Å². The van der Waals surface area contributed by atoms with Gasteiger partial charge in [0.25, 0.3) is 0 Å². The highest BCUT2D eigenvalue weighted by Gasteiger charge is 2.20. The maximum absolute atomic E-state index is 11.9. The Bertz CT molecular complexity index is 680. The zero-order chi connectivity index (χ0) is 14.2. The fourth-order valence-corrected chi connectivity index (χ4v) is 3.65. The van der Waals surface area contributed by atoms with Crippen LogP contribution in [0.2, 0.25) is 0 Å². The van der Waals surface area contributed by atoms with Crippen LogP contribution in [-0.2, 0) is 6.42 Å². The highest BCUT2D eigenvalue weighted by Crippen LogP contribution is 2.31. The summed E-state index contributed by atoms with van der Waals surface area (Å²) in [6.45, 7) is 0. The van der Waals surface area contributed by atoms with Crippen molar-refractivity contribution in [1.82, 2.24) is 9.78 Å². The van der Waals surface area contributed by atoms with Crippen molar-refractivity contribution in [3.8, 4) is 11.1 Å². The SMILES string of the molecule is O=C1CCc2ccc(-c3cnn(C4CCCCC4)c3)cc21. The number of hydrogen-bond acceptors (Lipinski definition) is 2. The largest absolute Gasteiger partial charge is 0.294 e. The molecule has 0 atom stereocenters. The lowest BCUT2D eigenvalue weighted by Gasteiger charge is -2.21. The van der Waals surface area contributed by atoms with Crippen molar-refractivity contribution in [3.05, 3.63) is 41.7 Å². The third-order valence-corrected chi connectivity index (χ3v) is 4.92. The third kappa shape index (κ3) is 2.31. The van der Waals surface area contributed by atoms with E-state index in [1.54, 1.807) is 0 Å². The number of Topliss-reactive ketones (excluding diaryl/α,β-unsaturated/α-hetero) is 1. The summed E-state index contributed by atoms with van der Waals surface area (Å²) in [5.74, 6) is 0.284. The Labute approximate surface area is 125 Å². The topological polar surface area (TPSA) is 34.9 Å². The molecule has 0 radical (unpaired) electrons. The number of rotatable bonds is 2. The fourth-order valence-electron chi connectivity index (χ4n) is 3.65. The average Bonchev–Trinajstić information content (AvgIpc) is 3.16. The molecule has 0 saturated heterocycles. The first-order valence-electron chi connectivity index (χ1n) is 8.02. The highest BCUT2D eigenvalue weighted by atomic mass is 16.1. The molecule has 1 saturated carbocycles. The van der Waals surface area contributed by atoms with Crippen LogP contribution in [0.5, 0.6) is 0 Å². The summed E-state index contributed by atoms with van der Waals surface area (Å²) in [5.41, 5.74) is 4.36. The van der Waals surface area contributed by atoms with Crippen LogP contribution in [0.3, 0.4) is 0 Å². The Morgan fingerprint density at radius 1 is 1.05 bits per heavy atom. The van der Waals surface area contributed by atoms with Gasteiger partial charge < -0.3 is 0 Å². The predicted octanol–water partition coefficient (Wildman–Crippen LogP) is 4.18. The first-order valence-corrected chi connectivity index (χ1v) is 8.02. The monoisotopic (exact) mass is 280 g/mol. The molecule has 0 N–H and O–H groups in total. The van der Waals surface area contributed by atoms with Crippen molar-refractivity contribution >= 4 is 5.78 Å². The van der Waals surface area contributed by atoms with E-state index in [2.05, 4.69) is 28.1 Å². The predicted molar refractivity (Wildman–Crippen MR) is 82.4 cm³/mol. The molecule has 3 heteroatoms. The second kappa shape index (κ2) is 5.14. The van der Waals surface area contributed by atoms with Crippen molar-refractivity contribution < 1.29 is 4.79 Å². The first-order chi connectivity index (χ1) is 10.3. The number of carbonyl (C=O) groups is 1. The van der Waals surface area contributed by atoms with Gasteiger partial charge >= 0.3 is 0 Å². The van der Waals surface area contributed by atoms with E-state index in [4.69, 9.17) is 0 Å². The summed E-state index contributed by atoms with van der Waals surface area (Å²) in [6, 6.07) is 6.84. The Hall–Kier alpha value is -1.90. The van der Waals surface area contributed by atoms with Gasteiger partial charge in [0, 0.05) is 23.7 Å². The second-order valence-corrected chi connectivity index (χ2v) is 6.30. The minimum Gasteiger partial charge on any atom is -0.294 e. The number of fused-ring (bicyclic) bond motifs is 1. The normalized spacial score (nSPS) is 19.0. The molecule has 0 spiro atoms. The lowest BCUT2D eigenvalue weighted by Crippen LogP contribution is -2.12. The molecule has 21 heavy (non-hydrogen) atoms. The maximum Gasteiger partial charge on any atom is 0.163 e. The van der Waals surface area contributed by atoms with Gasteiger partial charge in [-0.05, 0) is 36.5 Å². The molecule has 0 amide bonds. The summed E-state index contributed by atoms with van der Waals surface area (Å²) >= 11 is 0. The molecule has 2 aliphatic rings. The maximum atomic E-state index is 11.9. The molecule has 4 rings (SSSR count). The van der Waals surface area contributed by atoms with E-state index in [-0.39, 0.29) is 5.78 Å². The summed E-state index contributed by atoms with van der Waals surface area (Å²) in [7, 11) is 0. The number of benzene rings is 1. The van der Waals surface area contributed by atoms with Crippen molar-refractivity contribution in [3.63, 3.8) is 0 Å². The molecule has 1 aromatic carbocycles. The van der Waals surface area contributed by atoms with Crippen LogP contribution in [0.1, 0.15) is 60.5 Å². The minimum atomic E-state index is 0.284. The van der Waals surface area contributed by atoms with Gasteiger partial charge in [0.05, 0.1) is 12.2 Å². The van der Waals surface area contributed by atoms with Crippen LogP contribution in [0.15, 0.2) is 30.6 Å². The van der Waals surface area contributed by atoms with E-state index in [9.17, 15) is 4.79 Å². The van der Waals surface area contributed by atoms with E-state index in [1.807, 2.05) is 12.3 Å². The number of ketones is 1. The molecule has 1 aromatic heterocycles. The Morgan fingerprint density at radius 3 is 2.76 bits per heavy atom. The van der Waals surface area contributed by atoms with Gasteiger partial charge in [-0.25, -0.2) is 0 Å². The zero-order valence-electron chi connectivity index (χ0n) is 12.2. The zero-order valence-corrected chi connectivity index (χ0v) is 12.2. The van der Waals surface area contributed by atoms with Gasteiger partial charge in [0.15, 0.2) is 5.78 Å². The van der Waals surface area contributed by atoms with Crippen LogP contribution < -0.4 is 0 Å². The smallest absolute Gasteiger partial charge is 0.163 e. The standard InChI is InChI=1S/C18H20N2O/c21-18-9-8-13-6-7-14(10-17(13)18)15-11-19-20(12-15)16-4-2-1-3-5-16/h6-7,10-12,16H,1-5,8-9H2. The number of carbonyl (C=O) groups excluding carboxylic acids is 1. The lowest BCUT2D eigenvalue weighted by atomic mass is 9.96. The third-order valence-electron chi connectivity index (χ3n) is 4.92.